The van der Waals surface area contributed by atoms with Crippen molar-refractivity contribution in [3.8, 4) is 0 Å². The van der Waals surface area contributed by atoms with E-state index in [9.17, 15) is 14.4 Å². The highest BCUT2D eigenvalue weighted by Crippen LogP contribution is 2.35. The van der Waals surface area contributed by atoms with Crippen LogP contribution in [0.5, 0.6) is 0 Å². The second-order valence-corrected chi connectivity index (χ2v) is 8.29. The first-order valence-corrected chi connectivity index (χ1v) is 8.65. The first-order chi connectivity index (χ1) is 11.0. The summed E-state index contributed by atoms with van der Waals surface area (Å²) >= 11 is 1.32. The van der Waals surface area contributed by atoms with Crippen molar-refractivity contribution in [3.05, 3.63) is 16.0 Å². The van der Waals surface area contributed by atoms with E-state index in [1.165, 1.54) is 11.3 Å². The Morgan fingerprint density at radius 2 is 1.92 bits per heavy atom. The number of hydrogen-bond acceptors (Lipinski definition) is 6. The molecule has 1 saturated heterocycles. The number of aryl methyl sites for hydroxylation is 1. The Hall–Kier alpha value is -1.89. The van der Waals surface area contributed by atoms with Crippen LogP contribution in [0.2, 0.25) is 0 Å². The van der Waals surface area contributed by atoms with Crippen LogP contribution in [0.25, 0.3) is 0 Å². The second-order valence-electron chi connectivity index (χ2n) is 7.07. The Labute approximate surface area is 145 Å². The highest BCUT2D eigenvalue weighted by Gasteiger charge is 2.36. The van der Waals surface area contributed by atoms with Crippen molar-refractivity contribution < 1.29 is 23.9 Å². The highest BCUT2D eigenvalue weighted by atomic mass is 32.1. The van der Waals surface area contributed by atoms with Crippen LogP contribution in [-0.2, 0) is 19.1 Å². The fraction of sp³-hybridized carbons (Fsp3) is 0.588. The molecule has 2 heterocycles. The molecule has 0 aliphatic carbocycles. The summed E-state index contributed by atoms with van der Waals surface area (Å²) in [5.74, 6) is -1.33. The van der Waals surface area contributed by atoms with Crippen molar-refractivity contribution in [1.29, 1.82) is 0 Å². The van der Waals surface area contributed by atoms with Crippen LogP contribution in [0.15, 0.2) is 0 Å². The average molecular weight is 353 g/mol. The van der Waals surface area contributed by atoms with Gasteiger partial charge in [-0.15, -0.1) is 11.3 Å². The van der Waals surface area contributed by atoms with Crippen LogP contribution in [0, 0.1) is 19.3 Å². The number of nitrogens with one attached hydrogen (secondary N) is 1. The lowest BCUT2D eigenvalue weighted by molar-refractivity contribution is -0.147. The van der Waals surface area contributed by atoms with E-state index in [1.807, 2.05) is 6.92 Å². The molecule has 1 amide bonds. The summed E-state index contributed by atoms with van der Waals surface area (Å²) in [4.78, 5) is 37.4. The molecule has 0 saturated carbocycles. The molecule has 1 N–H and O–H groups in total. The monoisotopic (exact) mass is 353 g/mol. The molecule has 2 atom stereocenters. The Balaban J connectivity index is 2.24. The maximum absolute atomic E-state index is 12.6. The van der Waals surface area contributed by atoms with Crippen molar-refractivity contribution in [2.75, 3.05) is 5.32 Å². The second kappa shape index (κ2) is 6.55. The third-order valence-corrected chi connectivity index (χ3v) is 5.00. The lowest BCUT2D eigenvalue weighted by atomic mass is 9.96. The first kappa shape index (κ1) is 18.4. The van der Waals surface area contributed by atoms with Crippen LogP contribution in [0.3, 0.4) is 0 Å². The summed E-state index contributed by atoms with van der Waals surface area (Å²) in [5, 5.41) is 3.25. The fourth-order valence-electron chi connectivity index (χ4n) is 2.26. The molecule has 1 aromatic heterocycles. The van der Waals surface area contributed by atoms with Gasteiger partial charge in [0.25, 0.3) is 0 Å². The van der Waals surface area contributed by atoms with Crippen LogP contribution in [0.4, 0.5) is 5.00 Å². The third-order valence-electron chi connectivity index (χ3n) is 3.87. The van der Waals surface area contributed by atoms with E-state index in [-0.39, 0.29) is 12.0 Å². The van der Waals surface area contributed by atoms with E-state index in [0.717, 1.165) is 10.4 Å². The summed E-state index contributed by atoms with van der Waals surface area (Å²) in [7, 11) is 0. The zero-order chi connectivity index (χ0) is 18.2. The predicted molar refractivity (Wildman–Crippen MR) is 91.3 cm³/mol. The van der Waals surface area contributed by atoms with E-state index in [2.05, 4.69) is 5.32 Å². The van der Waals surface area contributed by atoms with E-state index < -0.39 is 23.5 Å². The van der Waals surface area contributed by atoms with Crippen LogP contribution < -0.4 is 5.32 Å². The van der Waals surface area contributed by atoms with E-state index in [1.54, 1.807) is 34.6 Å². The largest absolute Gasteiger partial charge is 0.460 e. The number of ether oxygens (including phenoxy) is 2. The number of thiophene rings is 1. The minimum atomic E-state index is -0.890. The summed E-state index contributed by atoms with van der Waals surface area (Å²) in [6.07, 6.45) is -0.810. The van der Waals surface area contributed by atoms with Gasteiger partial charge >= 0.3 is 11.9 Å². The molecule has 2 rings (SSSR count). The number of anilines is 1. The van der Waals surface area contributed by atoms with E-state index >= 15 is 0 Å². The van der Waals surface area contributed by atoms with Crippen molar-refractivity contribution in [1.82, 2.24) is 0 Å². The zero-order valence-electron chi connectivity index (χ0n) is 14.8. The molecule has 24 heavy (non-hydrogen) atoms. The van der Waals surface area contributed by atoms with E-state index in [4.69, 9.17) is 9.47 Å². The molecule has 0 unspecified atom stereocenters. The van der Waals surface area contributed by atoms with Gasteiger partial charge < -0.3 is 14.8 Å². The number of hydrogen-bond donors (Lipinski definition) is 1. The minimum Gasteiger partial charge on any atom is -0.460 e. The van der Waals surface area contributed by atoms with Gasteiger partial charge in [0.1, 0.15) is 11.1 Å². The number of carbonyl (C=O) groups is 3. The molecule has 1 fully saturated rings. The summed E-state index contributed by atoms with van der Waals surface area (Å²) in [6, 6.07) is 0. The predicted octanol–water partition coefficient (Wildman–Crippen LogP) is 3.21. The molecule has 7 heteroatoms. The Morgan fingerprint density at radius 1 is 1.29 bits per heavy atom. The number of carbonyl (C=O) groups excluding carboxylic acids is 3. The smallest absolute Gasteiger partial charge is 0.347 e. The number of rotatable bonds is 3. The number of cyclic esters (lactones) is 1. The molecular weight excluding hydrogens is 330 g/mol. The lowest BCUT2D eigenvalue weighted by Crippen LogP contribution is -2.28. The van der Waals surface area contributed by atoms with Gasteiger partial charge in [-0.1, -0.05) is 20.8 Å². The number of amides is 1. The van der Waals surface area contributed by atoms with Gasteiger partial charge in [-0.05, 0) is 26.3 Å². The quantitative estimate of drug-likeness (QED) is 0.844. The Kier molecular flexibility index (Phi) is 5.03. The van der Waals surface area contributed by atoms with Gasteiger partial charge in [0.15, 0.2) is 0 Å². The van der Waals surface area contributed by atoms with Crippen LogP contribution in [0.1, 0.15) is 54.9 Å². The Morgan fingerprint density at radius 3 is 2.42 bits per heavy atom. The average Bonchev–Trinajstić information content (AvgIpc) is 2.89. The standard InChI is InChI=1S/C17H23NO5S/c1-8-7-11(14(19)22-8)23-15(20)12-9(2)10(3)24-13(12)18-16(21)17(4,5)6/h8,11H,7H2,1-6H3,(H,18,21)/t8-,11+/m0/s1. The molecule has 1 aliphatic rings. The third kappa shape index (κ3) is 3.77. The van der Waals surface area contributed by atoms with Gasteiger partial charge in [-0.25, -0.2) is 9.59 Å². The van der Waals surface area contributed by atoms with Gasteiger partial charge in [0.2, 0.25) is 12.0 Å². The molecular formula is C17H23NO5S. The topological polar surface area (TPSA) is 81.7 Å². The zero-order valence-corrected chi connectivity index (χ0v) is 15.6. The number of esters is 2. The van der Waals surface area contributed by atoms with Crippen molar-refractivity contribution in [3.63, 3.8) is 0 Å². The molecule has 0 aromatic carbocycles. The first-order valence-electron chi connectivity index (χ1n) is 7.83. The highest BCUT2D eigenvalue weighted by molar-refractivity contribution is 7.16. The van der Waals surface area contributed by atoms with Crippen LogP contribution in [-0.4, -0.2) is 30.1 Å². The molecule has 132 valence electrons. The van der Waals surface area contributed by atoms with E-state index in [0.29, 0.717) is 17.0 Å². The minimum absolute atomic E-state index is 0.188. The van der Waals surface area contributed by atoms with Crippen molar-refractivity contribution >= 4 is 34.2 Å². The molecule has 0 spiro atoms. The van der Waals surface area contributed by atoms with Crippen molar-refractivity contribution in [2.24, 2.45) is 5.41 Å². The maximum atomic E-state index is 12.6. The fourth-order valence-corrected chi connectivity index (χ4v) is 3.30. The molecule has 0 bridgehead atoms. The molecule has 1 aliphatic heterocycles. The normalized spacial score (nSPS) is 20.7. The molecule has 0 radical (unpaired) electrons. The molecule has 1 aromatic rings. The van der Waals surface area contributed by atoms with Gasteiger partial charge in [0.05, 0.1) is 5.56 Å². The lowest BCUT2D eigenvalue weighted by Gasteiger charge is -2.17. The Bertz CT molecular complexity index is 686. The van der Waals surface area contributed by atoms with Crippen molar-refractivity contribution in [2.45, 2.75) is 60.2 Å². The molecule has 6 nitrogen and oxygen atoms in total. The summed E-state index contributed by atoms with van der Waals surface area (Å²) < 4.78 is 10.3. The van der Waals surface area contributed by atoms with Crippen LogP contribution >= 0.6 is 11.3 Å². The summed E-state index contributed by atoms with van der Waals surface area (Å²) in [5.41, 5.74) is 0.466. The summed E-state index contributed by atoms with van der Waals surface area (Å²) in [6.45, 7) is 10.8. The van der Waals surface area contributed by atoms with Gasteiger partial charge in [-0.2, -0.15) is 0 Å². The van der Waals surface area contributed by atoms with Gasteiger partial charge in [0, 0.05) is 16.7 Å². The SMILES string of the molecule is Cc1sc(NC(=O)C(C)(C)C)c(C(=O)O[C@@H]2C[C@H](C)OC2=O)c1C. The van der Waals surface area contributed by atoms with Gasteiger partial charge in [-0.3, -0.25) is 4.79 Å². The maximum Gasteiger partial charge on any atom is 0.347 e.